The average Bonchev–Trinajstić information content (AvgIpc) is 1.51. The summed E-state index contributed by atoms with van der Waals surface area (Å²) in [4.78, 5) is 20.8. The fourth-order valence-electron chi connectivity index (χ4n) is 21.8. The number of benzene rings is 14. The zero-order chi connectivity index (χ0) is 87.0. The fourth-order valence-corrected chi connectivity index (χ4v) is 21.8. The Bertz CT molecular complexity index is 7420. The highest BCUT2D eigenvalue weighted by Crippen LogP contribution is 2.65. The maximum absolute atomic E-state index is 5.91. The van der Waals surface area contributed by atoms with Crippen molar-refractivity contribution in [2.45, 2.75) is 84.0 Å². The number of nitrogens with zero attached hydrogens (tertiary/aromatic N) is 5. The predicted molar refractivity (Wildman–Crippen MR) is 528 cm³/mol. The van der Waals surface area contributed by atoms with E-state index in [0.717, 1.165) is 11.2 Å². The SMILES string of the molecule is Cc1ccc(-c2ccncc2)c2c1-c1ccccc1C2(C)C.Cc1cccc2c1-c1ccc(-c3ccncc3)cc1C2(C)C.Cc1cccc2c1-c1ccc(-c3ccncc3)cc1C2(c1ccccc1)c1ccccc1.Cc1cccc2c1-c1ccc(-c3ccncc3)cc1C21c2ccccc2-c2ccccc21.Cc1cccc2oc3ccc(-c4ccncc4)cc3c12. The lowest BCUT2D eigenvalue weighted by atomic mass is 9.67. The highest BCUT2D eigenvalue weighted by atomic mass is 16.3. The molecule has 128 heavy (non-hydrogen) atoms. The molecule has 14 aromatic carbocycles. The molecule has 6 heteroatoms. The molecule has 25 rings (SSSR count). The Kier molecular flexibility index (Phi) is 20.1. The molecule has 1 spiro atoms. The van der Waals surface area contributed by atoms with Crippen LogP contribution in [0.1, 0.15) is 122 Å². The Morgan fingerprint density at radius 3 is 1.04 bits per heavy atom. The Hall–Kier alpha value is -15.4. The molecule has 614 valence electrons. The van der Waals surface area contributed by atoms with Crippen molar-refractivity contribution in [2.75, 3.05) is 0 Å². The molecule has 0 aliphatic heterocycles. The van der Waals surface area contributed by atoms with Gasteiger partial charge >= 0.3 is 0 Å². The van der Waals surface area contributed by atoms with Crippen molar-refractivity contribution < 1.29 is 4.42 Å². The molecule has 0 fully saturated rings. The lowest BCUT2D eigenvalue weighted by molar-refractivity contribution is 0.660. The molecule has 0 saturated heterocycles. The summed E-state index contributed by atoms with van der Waals surface area (Å²) in [7, 11) is 0. The normalized spacial score (nSPS) is 13.6. The highest BCUT2D eigenvalue weighted by Gasteiger charge is 2.53. The Morgan fingerprint density at radius 2 is 0.547 bits per heavy atom. The summed E-state index contributed by atoms with van der Waals surface area (Å²) >= 11 is 0. The van der Waals surface area contributed by atoms with Crippen LogP contribution >= 0.6 is 0 Å². The van der Waals surface area contributed by atoms with E-state index in [-0.39, 0.29) is 21.7 Å². The summed E-state index contributed by atoms with van der Waals surface area (Å²) in [6.07, 6.45) is 18.6. The van der Waals surface area contributed by atoms with Crippen molar-refractivity contribution in [2.24, 2.45) is 0 Å². The van der Waals surface area contributed by atoms with Gasteiger partial charge in [-0.3, -0.25) is 24.9 Å². The van der Waals surface area contributed by atoms with E-state index in [0.29, 0.717) is 0 Å². The van der Waals surface area contributed by atoms with Crippen LogP contribution < -0.4 is 0 Å². The van der Waals surface area contributed by atoms with Crippen LogP contribution in [-0.2, 0) is 21.7 Å². The molecule has 0 amide bonds. The van der Waals surface area contributed by atoms with Crippen LogP contribution in [0, 0.1) is 34.6 Å². The lowest BCUT2D eigenvalue weighted by Crippen LogP contribution is -2.28. The van der Waals surface area contributed by atoms with Crippen molar-refractivity contribution in [3.63, 3.8) is 0 Å². The summed E-state index contributed by atoms with van der Waals surface area (Å²) in [5.41, 5.74) is 50.5. The molecule has 0 N–H and O–H groups in total. The molecule has 0 saturated carbocycles. The van der Waals surface area contributed by atoms with Gasteiger partial charge < -0.3 is 4.42 Å². The number of furan rings is 1. The summed E-state index contributed by atoms with van der Waals surface area (Å²) < 4.78 is 5.91. The van der Waals surface area contributed by atoms with E-state index in [1.165, 1.54) is 217 Å². The minimum Gasteiger partial charge on any atom is -0.456 e. The van der Waals surface area contributed by atoms with Gasteiger partial charge in [0.2, 0.25) is 0 Å². The van der Waals surface area contributed by atoms with Gasteiger partial charge in [0.25, 0.3) is 0 Å². The van der Waals surface area contributed by atoms with Gasteiger partial charge in [-0.2, -0.15) is 0 Å². The summed E-state index contributed by atoms with van der Waals surface area (Å²) in [5, 5.41) is 2.38. The Morgan fingerprint density at radius 1 is 0.203 bits per heavy atom. The number of aromatic nitrogens is 5. The second-order valence-corrected chi connectivity index (χ2v) is 35.5. The number of hydrogen-bond acceptors (Lipinski definition) is 6. The average molecular weight is 1650 g/mol. The van der Waals surface area contributed by atoms with Crippen LogP contribution in [0.2, 0.25) is 0 Å². The molecule has 0 unspecified atom stereocenters. The molecule has 5 aliphatic rings. The first-order valence-corrected chi connectivity index (χ1v) is 44.4. The van der Waals surface area contributed by atoms with Gasteiger partial charge in [0.05, 0.1) is 10.8 Å². The molecule has 6 aromatic heterocycles. The number of rotatable bonds is 7. The van der Waals surface area contributed by atoms with Crippen molar-refractivity contribution in [3.05, 3.63) is 508 Å². The van der Waals surface area contributed by atoms with Gasteiger partial charge in [-0.15, -0.1) is 0 Å². The first kappa shape index (κ1) is 79.8. The third-order valence-corrected chi connectivity index (χ3v) is 27.7. The molecule has 6 heterocycles. The van der Waals surface area contributed by atoms with E-state index >= 15 is 0 Å². The zero-order valence-electron chi connectivity index (χ0n) is 73.4. The van der Waals surface area contributed by atoms with E-state index in [2.05, 4.69) is 409 Å². The second-order valence-electron chi connectivity index (χ2n) is 35.5. The zero-order valence-corrected chi connectivity index (χ0v) is 73.4. The van der Waals surface area contributed by atoms with Gasteiger partial charge in [-0.25, -0.2) is 0 Å². The quantitative estimate of drug-likeness (QED) is 0.158. The number of fused-ring (bicyclic) bond motifs is 22. The first-order chi connectivity index (χ1) is 62.6. The topological polar surface area (TPSA) is 77.6 Å². The largest absolute Gasteiger partial charge is 0.456 e. The number of hydrogen-bond donors (Lipinski definition) is 0. The molecular weight excluding hydrogens is 1550 g/mol. The minimum atomic E-state index is -0.359. The maximum atomic E-state index is 5.91. The van der Waals surface area contributed by atoms with Gasteiger partial charge in [0, 0.05) is 83.6 Å². The maximum Gasteiger partial charge on any atom is 0.135 e. The van der Waals surface area contributed by atoms with Crippen LogP contribution in [-0.4, -0.2) is 24.9 Å². The van der Waals surface area contributed by atoms with Crippen molar-refractivity contribution in [3.8, 4) is 111 Å². The van der Waals surface area contributed by atoms with E-state index in [1.807, 2.05) is 92.3 Å². The molecule has 0 atom stereocenters. The van der Waals surface area contributed by atoms with Gasteiger partial charge in [0.1, 0.15) is 11.2 Å². The molecule has 0 radical (unpaired) electrons. The van der Waals surface area contributed by atoms with Crippen molar-refractivity contribution in [1.82, 2.24) is 24.9 Å². The number of aryl methyl sites for hydroxylation is 5. The van der Waals surface area contributed by atoms with Crippen LogP contribution in [0.3, 0.4) is 0 Å². The molecular formula is C122H95N5O. The van der Waals surface area contributed by atoms with Crippen LogP contribution in [0.5, 0.6) is 0 Å². The van der Waals surface area contributed by atoms with Crippen LogP contribution in [0.25, 0.3) is 133 Å². The van der Waals surface area contributed by atoms with E-state index in [1.54, 1.807) is 0 Å². The summed E-state index contributed by atoms with van der Waals surface area (Å²) in [6, 6.07) is 127. The number of pyridine rings is 5. The van der Waals surface area contributed by atoms with Gasteiger partial charge in [0.15, 0.2) is 0 Å². The standard InChI is InChI=1S/C31H21N.C31H23N.2C21H19N.C18H13NO/c1-20-7-6-12-28-30(20)25-14-13-22(21-15-17-32-18-16-21)19-29(25)31(28)26-10-4-2-8-23(26)24-9-3-5-11-27(24)31;1-22-9-8-14-28-30(22)27-16-15-24(23-17-19-32-20-18-23)21-29(27)31(28,25-10-4-2-5-11-25)26-12-6-3-7-13-26;1-14-5-4-6-18-20(14)17-8-7-16(13-19(17)21(18,2)3)15-9-11-22-12-10-15;1-14-8-9-16(15-10-12-22-13-11-15)20-19(14)17-6-4-5-7-18(17)21(20,2)3;1-12-3-2-4-17-18(12)15-11-14(5-6-16(15)20-17)13-7-9-19-10-8-13/h2-19H,1H3;2-21H,1H3;2*4-13H,1-3H3;2-11H,1H3. The lowest BCUT2D eigenvalue weighted by Gasteiger charge is -2.34. The Labute approximate surface area is 749 Å². The second kappa shape index (κ2) is 32.3. The third-order valence-electron chi connectivity index (χ3n) is 27.7. The fraction of sp³-hybridized carbons (Fsp3) is 0.107. The van der Waals surface area contributed by atoms with Gasteiger partial charge in [-0.05, 0) is 338 Å². The van der Waals surface area contributed by atoms with Crippen LogP contribution in [0.4, 0.5) is 0 Å². The minimum absolute atomic E-state index is 0.0244. The van der Waals surface area contributed by atoms with E-state index < -0.39 is 0 Å². The molecule has 20 aromatic rings. The predicted octanol–water partition coefficient (Wildman–Crippen LogP) is 30.5. The molecule has 5 aliphatic carbocycles. The third kappa shape index (κ3) is 13.1. The molecule has 0 bridgehead atoms. The van der Waals surface area contributed by atoms with Crippen molar-refractivity contribution in [1.29, 1.82) is 0 Å². The monoisotopic (exact) mass is 1650 g/mol. The van der Waals surface area contributed by atoms with E-state index in [9.17, 15) is 0 Å². The van der Waals surface area contributed by atoms with Gasteiger partial charge in [-0.1, -0.05) is 282 Å². The highest BCUT2D eigenvalue weighted by molar-refractivity contribution is 6.08. The Balaban J connectivity index is 0.0000000986. The smallest absolute Gasteiger partial charge is 0.135 e. The summed E-state index contributed by atoms with van der Waals surface area (Å²) in [5.74, 6) is 0. The van der Waals surface area contributed by atoms with Crippen molar-refractivity contribution >= 4 is 21.9 Å². The van der Waals surface area contributed by atoms with E-state index in [4.69, 9.17) is 4.42 Å². The molecule has 6 nitrogen and oxygen atoms in total. The summed E-state index contributed by atoms with van der Waals surface area (Å²) in [6.45, 7) is 20.3. The van der Waals surface area contributed by atoms with Crippen LogP contribution in [0.15, 0.2) is 418 Å². The first-order valence-electron chi connectivity index (χ1n) is 44.4.